The number of nitrogens with one attached hydrogen (secondary N) is 1. The summed E-state index contributed by atoms with van der Waals surface area (Å²) in [5.74, 6) is 0.0207. The lowest BCUT2D eigenvalue weighted by molar-refractivity contribution is -0.120. The van der Waals surface area contributed by atoms with E-state index < -0.39 is 0 Å². The van der Waals surface area contributed by atoms with Crippen molar-refractivity contribution in [1.29, 1.82) is 0 Å². The van der Waals surface area contributed by atoms with Gasteiger partial charge in [-0.2, -0.15) is 0 Å². The van der Waals surface area contributed by atoms with E-state index in [2.05, 4.69) is 36.5 Å². The second kappa shape index (κ2) is 7.84. The SMILES string of the molecule is Cc1cccc(CCCNC(=O)Cc2ccccc2Cl)c1. The molecule has 0 aliphatic heterocycles. The number of hydrogen-bond acceptors (Lipinski definition) is 1. The van der Waals surface area contributed by atoms with E-state index >= 15 is 0 Å². The van der Waals surface area contributed by atoms with Gasteiger partial charge in [-0.25, -0.2) is 0 Å². The number of halogens is 1. The normalized spacial score (nSPS) is 10.4. The molecule has 0 bridgehead atoms. The van der Waals surface area contributed by atoms with Crippen LogP contribution in [0.4, 0.5) is 0 Å². The van der Waals surface area contributed by atoms with Crippen molar-refractivity contribution in [2.24, 2.45) is 0 Å². The minimum Gasteiger partial charge on any atom is -0.356 e. The molecule has 0 saturated carbocycles. The van der Waals surface area contributed by atoms with Crippen molar-refractivity contribution < 1.29 is 4.79 Å². The van der Waals surface area contributed by atoms with E-state index in [4.69, 9.17) is 11.6 Å². The van der Waals surface area contributed by atoms with E-state index in [-0.39, 0.29) is 5.91 Å². The molecule has 0 unspecified atom stereocenters. The van der Waals surface area contributed by atoms with Gasteiger partial charge >= 0.3 is 0 Å². The Hall–Kier alpha value is -1.80. The Morgan fingerprint density at radius 1 is 1.14 bits per heavy atom. The Bertz CT molecular complexity index is 610. The third-order valence-electron chi connectivity index (χ3n) is 3.36. The van der Waals surface area contributed by atoms with Gasteiger partial charge in [0.1, 0.15) is 0 Å². The molecule has 0 aliphatic carbocycles. The number of amides is 1. The van der Waals surface area contributed by atoms with Crippen LogP contribution in [-0.4, -0.2) is 12.5 Å². The Labute approximate surface area is 131 Å². The van der Waals surface area contributed by atoms with Gasteiger partial charge in [0.15, 0.2) is 0 Å². The van der Waals surface area contributed by atoms with E-state index in [9.17, 15) is 4.79 Å². The summed E-state index contributed by atoms with van der Waals surface area (Å²) < 4.78 is 0. The van der Waals surface area contributed by atoms with Crippen LogP contribution in [0.2, 0.25) is 5.02 Å². The molecule has 2 rings (SSSR count). The van der Waals surface area contributed by atoms with Gasteiger partial charge in [0.05, 0.1) is 6.42 Å². The van der Waals surface area contributed by atoms with Crippen molar-refractivity contribution in [1.82, 2.24) is 5.32 Å². The van der Waals surface area contributed by atoms with Gasteiger partial charge in [-0.15, -0.1) is 0 Å². The molecule has 0 aliphatic rings. The van der Waals surface area contributed by atoms with Gasteiger partial charge in [0.25, 0.3) is 0 Å². The molecule has 3 heteroatoms. The van der Waals surface area contributed by atoms with Crippen molar-refractivity contribution in [2.75, 3.05) is 6.54 Å². The van der Waals surface area contributed by atoms with Crippen LogP contribution in [0, 0.1) is 6.92 Å². The average molecular weight is 302 g/mol. The third kappa shape index (κ3) is 5.24. The van der Waals surface area contributed by atoms with Crippen molar-refractivity contribution in [3.63, 3.8) is 0 Å². The molecule has 0 spiro atoms. The van der Waals surface area contributed by atoms with Crippen molar-refractivity contribution in [3.05, 3.63) is 70.2 Å². The number of aryl methyl sites for hydroxylation is 2. The number of rotatable bonds is 6. The average Bonchev–Trinajstić information content (AvgIpc) is 2.46. The van der Waals surface area contributed by atoms with Gasteiger partial charge in [0, 0.05) is 11.6 Å². The summed E-state index contributed by atoms with van der Waals surface area (Å²) >= 11 is 6.04. The molecule has 0 heterocycles. The van der Waals surface area contributed by atoms with E-state index in [1.807, 2.05) is 24.3 Å². The molecule has 21 heavy (non-hydrogen) atoms. The molecule has 0 fully saturated rings. The third-order valence-corrected chi connectivity index (χ3v) is 3.72. The predicted octanol–water partition coefficient (Wildman–Crippen LogP) is 3.94. The largest absolute Gasteiger partial charge is 0.356 e. The van der Waals surface area contributed by atoms with Crippen LogP contribution in [0.15, 0.2) is 48.5 Å². The van der Waals surface area contributed by atoms with Crippen LogP contribution in [0.25, 0.3) is 0 Å². The molecule has 0 radical (unpaired) electrons. The molecule has 2 aromatic carbocycles. The van der Waals surface area contributed by atoms with Crippen LogP contribution in [-0.2, 0) is 17.6 Å². The maximum atomic E-state index is 11.9. The highest BCUT2D eigenvalue weighted by Gasteiger charge is 2.05. The lowest BCUT2D eigenvalue weighted by Crippen LogP contribution is -2.26. The number of hydrogen-bond donors (Lipinski definition) is 1. The first-order valence-corrected chi connectivity index (χ1v) is 7.58. The van der Waals surface area contributed by atoms with E-state index in [0.717, 1.165) is 18.4 Å². The lowest BCUT2D eigenvalue weighted by atomic mass is 10.1. The standard InChI is InChI=1S/C18H20ClNO/c1-14-6-4-7-15(12-14)8-5-11-20-18(21)13-16-9-2-3-10-17(16)19/h2-4,6-7,9-10,12H,5,8,11,13H2,1H3,(H,20,21). The Kier molecular flexibility index (Phi) is 5.82. The predicted molar refractivity (Wildman–Crippen MR) is 87.7 cm³/mol. The zero-order valence-corrected chi connectivity index (χ0v) is 13.0. The smallest absolute Gasteiger partial charge is 0.224 e. The quantitative estimate of drug-likeness (QED) is 0.805. The van der Waals surface area contributed by atoms with Crippen LogP contribution in [0.1, 0.15) is 23.1 Å². The zero-order valence-electron chi connectivity index (χ0n) is 12.2. The van der Waals surface area contributed by atoms with Crippen LogP contribution in [0.5, 0.6) is 0 Å². The number of benzene rings is 2. The highest BCUT2D eigenvalue weighted by molar-refractivity contribution is 6.31. The van der Waals surface area contributed by atoms with Gasteiger partial charge in [0.2, 0.25) is 5.91 Å². The van der Waals surface area contributed by atoms with Crippen LogP contribution >= 0.6 is 11.6 Å². The fraction of sp³-hybridized carbons (Fsp3) is 0.278. The van der Waals surface area contributed by atoms with Crippen LogP contribution in [0.3, 0.4) is 0 Å². The fourth-order valence-electron chi connectivity index (χ4n) is 2.27. The van der Waals surface area contributed by atoms with Gasteiger partial charge in [-0.05, 0) is 37.0 Å². The second-order valence-corrected chi connectivity index (χ2v) is 5.62. The van der Waals surface area contributed by atoms with E-state index in [0.29, 0.717) is 18.0 Å². The Balaban J connectivity index is 1.71. The highest BCUT2D eigenvalue weighted by Crippen LogP contribution is 2.15. The summed E-state index contributed by atoms with van der Waals surface area (Å²) in [6.07, 6.45) is 2.26. The summed E-state index contributed by atoms with van der Waals surface area (Å²) in [6.45, 7) is 2.78. The Morgan fingerprint density at radius 2 is 1.95 bits per heavy atom. The second-order valence-electron chi connectivity index (χ2n) is 5.21. The first kappa shape index (κ1) is 15.6. The van der Waals surface area contributed by atoms with E-state index in [1.54, 1.807) is 0 Å². The van der Waals surface area contributed by atoms with Gasteiger partial charge in [-0.3, -0.25) is 4.79 Å². The summed E-state index contributed by atoms with van der Waals surface area (Å²) in [4.78, 5) is 11.9. The summed E-state index contributed by atoms with van der Waals surface area (Å²) in [7, 11) is 0. The molecular weight excluding hydrogens is 282 g/mol. The maximum Gasteiger partial charge on any atom is 0.224 e. The molecule has 2 nitrogen and oxygen atoms in total. The topological polar surface area (TPSA) is 29.1 Å². The van der Waals surface area contributed by atoms with Gasteiger partial charge < -0.3 is 5.32 Å². The minimum absolute atomic E-state index is 0.0207. The molecule has 0 saturated heterocycles. The lowest BCUT2D eigenvalue weighted by Gasteiger charge is -2.07. The fourth-order valence-corrected chi connectivity index (χ4v) is 2.47. The van der Waals surface area contributed by atoms with E-state index in [1.165, 1.54) is 11.1 Å². The summed E-state index contributed by atoms with van der Waals surface area (Å²) in [6, 6.07) is 15.9. The molecule has 0 atom stereocenters. The highest BCUT2D eigenvalue weighted by atomic mass is 35.5. The maximum absolute atomic E-state index is 11.9. The van der Waals surface area contributed by atoms with Crippen molar-refractivity contribution >= 4 is 17.5 Å². The van der Waals surface area contributed by atoms with Gasteiger partial charge in [-0.1, -0.05) is 59.6 Å². The van der Waals surface area contributed by atoms with Crippen molar-refractivity contribution in [2.45, 2.75) is 26.2 Å². The first-order chi connectivity index (χ1) is 10.1. The molecule has 1 amide bonds. The molecule has 110 valence electrons. The number of carbonyl (C=O) groups excluding carboxylic acids is 1. The zero-order chi connectivity index (χ0) is 15.1. The monoisotopic (exact) mass is 301 g/mol. The molecular formula is C18H20ClNO. The Morgan fingerprint density at radius 3 is 2.71 bits per heavy atom. The first-order valence-electron chi connectivity index (χ1n) is 7.21. The summed E-state index contributed by atoms with van der Waals surface area (Å²) in [5, 5.41) is 3.59. The van der Waals surface area contributed by atoms with Crippen molar-refractivity contribution in [3.8, 4) is 0 Å². The van der Waals surface area contributed by atoms with Crippen LogP contribution < -0.4 is 5.32 Å². The molecule has 0 aromatic heterocycles. The molecule has 2 aromatic rings. The number of carbonyl (C=O) groups is 1. The minimum atomic E-state index is 0.0207. The summed E-state index contributed by atoms with van der Waals surface area (Å²) in [5.41, 5.74) is 3.46. The molecule has 1 N–H and O–H groups in total.